The predicted molar refractivity (Wildman–Crippen MR) is 101 cm³/mol. The van der Waals surface area contributed by atoms with Gasteiger partial charge in [-0.2, -0.15) is 0 Å². The van der Waals surface area contributed by atoms with Crippen LogP contribution in [0.4, 0.5) is 0 Å². The molecule has 0 saturated carbocycles. The molecule has 0 unspecified atom stereocenters. The Balaban J connectivity index is 2.13. The van der Waals surface area contributed by atoms with Gasteiger partial charge in [-0.05, 0) is 55.2 Å². The molecule has 0 fully saturated rings. The van der Waals surface area contributed by atoms with E-state index in [1.165, 1.54) is 0 Å². The highest BCUT2D eigenvalue weighted by Gasteiger charge is 2.18. The maximum atomic E-state index is 12.6. The number of rotatable bonds is 8. The first-order valence-corrected chi connectivity index (χ1v) is 9.66. The quantitative estimate of drug-likeness (QED) is 0.763. The number of ether oxygens (including phenoxy) is 3. The molecule has 0 bridgehead atoms. The monoisotopic (exact) mass is 379 g/mol. The van der Waals surface area contributed by atoms with E-state index in [4.69, 9.17) is 14.2 Å². The zero-order chi connectivity index (χ0) is 19.3. The Hall–Kier alpha value is -2.25. The van der Waals surface area contributed by atoms with Gasteiger partial charge in [0.2, 0.25) is 10.0 Å². The first-order chi connectivity index (χ1) is 12.3. The zero-order valence-corrected chi connectivity index (χ0v) is 16.6. The van der Waals surface area contributed by atoms with Crippen LogP contribution < -0.4 is 18.9 Å². The van der Waals surface area contributed by atoms with Gasteiger partial charge < -0.3 is 14.2 Å². The lowest BCUT2D eigenvalue weighted by Gasteiger charge is -2.14. The Labute approximate surface area is 155 Å². The van der Waals surface area contributed by atoms with E-state index >= 15 is 0 Å². The Morgan fingerprint density at radius 2 is 1.58 bits per heavy atom. The van der Waals surface area contributed by atoms with Crippen LogP contribution in [0.2, 0.25) is 0 Å². The highest BCUT2D eigenvalue weighted by atomic mass is 32.2. The molecule has 0 saturated heterocycles. The minimum Gasteiger partial charge on any atom is -0.497 e. The molecule has 0 aliphatic carbocycles. The maximum Gasteiger partial charge on any atom is 0.240 e. The zero-order valence-electron chi connectivity index (χ0n) is 15.8. The van der Waals surface area contributed by atoms with Crippen molar-refractivity contribution >= 4 is 10.0 Å². The summed E-state index contributed by atoms with van der Waals surface area (Å²) in [5, 5.41) is 0. The summed E-state index contributed by atoms with van der Waals surface area (Å²) in [5.74, 6) is 2.03. The molecule has 0 heterocycles. The van der Waals surface area contributed by atoms with Crippen LogP contribution in [0.1, 0.15) is 16.7 Å². The molecule has 0 aliphatic heterocycles. The van der Waals surface area contributed by atoms with Crippen molar-refractivity contribution in [3.05, 3.63) is 47.0 Å². The summed E-state index contributed by atoms with van der Waals surface area (Å²) in [6.07, 6.45) is 0.501. The summed E-state index contributed by atoms with van der Waals surface area (Å²) in [4.78, 5) is 0.262. The van der Waals surface area contributed by atoms with Crippen molar-refractivity contribution in [2.45, 2.75) is 25.2 Å². The summed E-state index contributed by atoms with van der Waals surface area (Å²) in [7, 11) is 1.11. The van der Waals surface area contributed by atoms with Crippen molar-refractivity contribution in [3.63, 3.8) is 0 Å². The van der Waals surface area contributed by atoms with Crippen molar-refractivity contribution < 1.29 is 22.6 Å². The first kappa shape index (κ1) is 20.1. The second kappa shape index (κ2) is 8.42. The average molecular weight is 379 g/mol. The topological polar surface area (TPSA) is 73.9 Å². The highest BCUT2D eigenvalue weighted by molar-refractivity contribution is 7.89. The molecule has 0 amide bonds. The molecule has 0 atom stereocenters. The third-order valence-electron chi connectivity index (χ3n) is 4.16. The molecule has 7 heteroatoms. The van der Waals surface area contributed by atoms with E-state index in [9.17, 15) is 8.42 Å². The lowest BCUT2D eigenvalue weighted by molar-refractivity contribution is 0.391. The molecule has 26 heavy (non-hydrogen) atoms. The molecule has 0 aliphatic rings. The Bertz CT molecular complexity index is 878. The van der Waals surface area contributed by atoms with Crippen LogP contribution in [-0.4, -0.2) is 36.3 Å². The summed E-state index contributed by atoms with van der Waals surface area (Å²) in [6, 6.07) is 8.83. The number of hydrogen-bond acceptors (Lipinski definition) is 5. The molecule has 2 aromatic rings. The van der Waals surface area contributed by atoms with Crippen molar-refractivity contribution in [3.8, 4) is 17.2 Å². The maximum absolute atomic E-state index is 12.6. The van der Waals surface area contributed by atoms with E-state index < -0.39 is 10.0 Å². The van der Waals surface area contributed by atoms with Crippen LogP contribution in [0.25, 0.3) is 0 Å². The summed E-state index contributed by atoms with van der Waals surface area (Å²) in [6.45, 7) is 3.83. The van der Waals surface area contributed by atoms with Crippen LogP contribution in [0.3, 0.4) is 0 Å². The Morgan fingerprint density at radius 1 is 0.885 bits per heavy atom. The number of methoxy groups -OCH3 is 3. The molecule has 2 rings (SSSR count). The van der Waals surface area contributed by atoms with Gasteiger partial charge in [-0.1, -0.05) is 6.07 Å². The SMILES string of the molecule is COc1ccc(CCNS(=O)(=O)c2cc(C)c(OC)cc2C)c(OC)c1. The van der Waals surface area contributed by atoms with E-state index in [0.717, 1.165) is 11.1 Å². The van der Waals surface area contributed by atoms with Gasteiger partial charge in [0.05, 0.1) is 26.2 Å². The molecule has 0 radical (unpaired) electrons. The molecular formula is C19H25NO5S. The number of aryl methyl sites for hydroxylation is 2. The van der Waals surface area contributed by atoms with E-state index in [1.807, 2.05) is 19.1 Å². The van der Waals surface area contributed by atoms with Gasteiger partial charge in [0.1, 0.15) is 17.2 Å². The number of sulfonamides is 1. The minimum absolute atomic E-state index is 0.259. The van der Waals surface area contributed by atoms with Crippen molar-refractivity contribution in [2.24, 2.45) is 0 Å². The number of hydrogen-bond donors (Lipinski definition) is 1. The van der Waals surface area contributed by atoms with Crippen LogP contribution in [0, 0.1) is 13.8 Å². The fraction of sp³-hybridized carbons (Fsp3) is 0.368. The third kappa shape index (κ3) is 4.47. The summed E-state index contributed by atoms with van der Waals surface area (Å²) < 4.78 is 43.7. The first-order valence-electron chi connectivity index (χ1n) is 8.18. The summed E-state index contributed by atoms with van der Waals surface area (Å²) in [5.41, 5.74) is 2.32. The Morgan fingerprint density at radius 3 is 2.19 bits per heavy atom. The van der Waals surface area contributed by atoms with E-state index in [-0.39, 0.29) is 11.4 Å². The van der Waals surface area contributed by atoms with Crippen LogP contribution in [-0.2, 0) is 16.4 Å². The van der Waals surface area contributed by atoms with Crippen molar-refractivity contribution in [1.82, 2.24) is 4.72 Å². The van der Waals surface area contributed by atoms with E-state index in [1.54, 1.807) is 46.5 Å². The van der Waals surface area contributed by atoms with E-state index in [0.29, 0.717) is 29.2 Å². The second-order valence-corrected chi connectivity index (χ2v) is 7.65. The fourth-order valence-electron chi connectivity index (χ4n) is 2.73. The van der Waals surface area contributed by atoms with E-state index in [2.05, 4.69) is 4.72 Å². The van der Waals surface area contributed by atoms with Gasteiger partial charge in [0.25, 0.3) is 0 Å². The summed E-state index contributed by atoms with van der Waals surface area (Å²) >= 11 is 0. The molecule has 142 valence electrons. The molecule has 2 aromatic carbocycles. The average Bonchev–Trinajstić information content (AvgIpc) is 2.63. The van der Waals surface area contributed by atoms with Crippen molar-refractivity contribution in [2.75, 3.05) is 27.9 Å². The lowest BCUT2D eigenvalue weighted by Crippen LogP contribution is -2.26. The fourth-order valence-corrected chi connectivity index (χ4v) is 4.07. The van der Waals surface area contributed by atoms with Crippen LogP contribution in [0.5, 0.6) is 17.2 Å². The molecule has 0 spiro atoms. The molecule has 6 nitrogen and oxygen atoms in total. The molecule has 0 aromatic heterocycles. The van der Waals surface area contributed by atoms with Gasteiger partial charge in [-0.15, -0.1) is 0 Å². The van der Waals surface area contributed by atoms with Gasteiger partial charge in [-0.25, -0.2) is 13.1 Å². The largest absolute Gasteiger partial charge is 0.497 e. The Kier molecular flexibility index (Phi) is 6.50. The van der Waals surface area contributed by atoms with Gasteiger partial charge in [0.15, 0.2) is 0 Å². The third-order valence-corrected chi connectivity index (χ3v) is 5.77. The molecular weight excluding hydrogens is 354 g/mol. The van der Waals surface area contributed by atoms with Crippen LogP contribution >= 0.6 is 0 Å². The number of nitrogens with one attached hydrogen (secondary N) is 1. The van der Waals surface area contributed by atoms with Gasteiger partial charge in [0, 0.05) is 12.6 Å². The second-order valence-electron chi connectivity index (χ2n) is 5.91. The highest BCUT2D eigenvalue weighted by Crippen LogP contribution is 2.26. The van der Waals surface area contributed by atoms with Crippen molar-refractivity contribution in [1.29, 1.82) is 0 Å². The molecule has 1 N–H and O–H groups in total. The van der Waals surface area contributed by atoms with Crippen LogP contribution in [0.15, 0.2) is 35.2 Å². The van der Waals surface area contributed by atoms with Gasteiger partial charge in [-0.3, -0.25) is 0 Å². The smallest absolute Gasteiger partial charge is 0.240 e. The standard InChI is InChI=1S/C19H25NO5S/c1-13-11-19(14(2)10-17(13)24-4)26(21,22)20-9-8-15-6-7-16(23-3)12-18(15)25-5/h6-7,10-12,20H,8-9H2,1-5H3. The number of benzene rings is 2. The normalized spacial score (nSPS) is 11.3. The van der Waals surface area contributed by atoms with Gasteiger partial charge >= 0.3 is 0 Å². The lowest BCUT2D eigenvalue weighted by atomic mass is 10.1. The predicted octanol–water partition coefficient (Wildman–Crippen LogP) is 2.85. The minimum atomic E-state index is -3.61.